The van der Waals surface area contributed by atoms with Crippen LogP contribution in [0.25, 0.3) is 0 Å². The number of hydrogen-bond donors (Lipinski definition) is 0. The van der Waals surface area contributed by atoms with Gasteiger partial charge in [0.05, 0.1) is 0 Å². The van der Waals surface area contributed by atoms with Crippen molar-refractivity contribution in [1.29, 1.82) is 0 Å². The Labute approximate surface area is 114 Å². The summed E-state index contributed by atoms with van der Waals surface area (Å²) in [5, 5.41) is 10.5. The molecule has 1 aromatic rings. The maximum Gasteiger partial charge on any atom is 0.381 e. The normalized spacial score (nSPS) is 17.0. The van der Waals surface area contributed by atoms with E-state index in [1.54, 1.807) is 19.6 Å². The third-order valence-corrected chi connectivity index (χ3v) is 3.52. The fourth-order valence-corrected chi connectivity index (χ4v) is 3.20. The summed E-state index contributed by atoms with van der Waals surface area (Å²) in [5.74, 6) is -0.614. The molecule has 0 aromatic carbocycles. The van der Waals surface area contributed by atoms with Crippen LogP contribution in [-0.2, 0) is 4.43 Å². The lowest BCUT2D eigenvalue weighted by Crippen LogP contribution is -2.50. The van der Waals surface area contributed by atoms with Gasteiger partial charge in [-0.05, 0) is 36.5 Å². The first kappa shape index (κ1) is 16.6. The van der Waals surface area contributed by atoms with E-state index < -0.39 is 37.4 Å². The highest BCUT2D eigenvalue weighted by molar-refractivity contribution is 6.69. The Morgan fingerprint density at radius 2 is 2.00 bits per heavy atom. The molecule has 1 rings (SSSR count). The molecule has 0 saturated carbocycles. The summed E-state index contributed by atoms with van der Waals surface area (Å²) in [6.45, 7) is 5.90. The van der Waals surface area contributed by atoms with E-state index in [0.29, 0.717) is 4.57 Å². The van der Waals surface area contributed by atoms with Crippen LogP contribution in [0.15, 0.2) is 12.5 Å². The lowest BCUT2D eigenvalue weighted by Gasteiger charge is -2.37. The maximum absolute atomic E-state index is 14.4. The molecule has 0 fully saturated rings. The molecule has 2 atom stereocenters. The highest BCUT2D eigenvalue weighted by Crippen LogP contribution is 2.36. The van der Waals surface area contributed by atoms with Gasteiger partial charge in [-0.15, -0.1) is 0 Å². The van der Waals surface area contributed by atoms with E-state index in [1.807, 2.05) is 0 Å². The first-order valence-corrected chi connectivity index (χ1v) is 9.18. The van der Waals surface area contributed by atoms with Crippen molar-refractivity contribution >= 4 is 14.1 Å². The number of nitro groups is 1. The van der Waals surface area contributed by atoms with Gasteiger partial charge < -0.3 is 14.5 Å². The van der Waals surface area contributed by atoms with Crippen molar-refractivity contribution in [2.24, 2.45) is 0 Å². The van der Waals surface area contributed by atoms with Crippen molar-refractivity contribution in [2.45, 2.75) is 44.9 Å². The highest BCUT2D eigenvalue weighted by atomic mass is 28.4. The first-order chi connectivity index (χ1) is 8.97. The van der Waals surface area contributed by atoms with Gasteiger partial charge in [0.1, 0.15) is 6.20 Å². The number of aromatic nitrogens is 2. The van der Waals surface area contributed by atoms with Crippen LogP contribution in [0.2, 0.25) is 19.6 Å². The van der Waals surface area contributed by atoms with Gasteiger partial charge in [0.15, 0.2) is 13.9 Å². The molecule has 1 aromatic heterocycles. The first-order valence-electron chi connectivity index (χ1n) is 5.77. The van der Waals surface area contributed by atoms with Gasteiger partial charge in [0.25, 0.3) is 6.43 Å². The van der Waals surface area contributed by atoms with Gasteiger partial charge >= 0.3 is 5.82 Å². The average molecular weight is 311 g/mol. The second-order valence-electron chi connectivity index (χ2n) is 5.47. The lowest BCUT2D eigenvalue weighted by molar-refractivity contribution is -0.389. The summed E-state index contributed by atoms with van der Waals surface area (Å²) < 4.78 is 46.7. The number of imidazole rings is 1. The molecule has 10 heteroatoms. The Bertz CT molecular complexity index is 492. The minimum atomic E-state index is -3.09. The van der Waals surface area contributed by atoms with E-state index in [0.717, 1.165) is 19.4 Å². The Morgan fingerprint density at radius 3 is 2.35 bits per heavy atom. The summed E-state index contributed by atoms with van der Waals surface area (Å²) in [6, 6.07) is 0. The molecule has 20 heavy (non-hydrogen) atoms. The van der Waals surface area contributed by atoms with Gasteiger partial charge in [-0.2, -0.15) is 0 Å². The third-order valence-electron chi connectivity index (χ3n) is 2.47. The van der Waals surface area contributed by atoms with Gasteiger partial charge in [0, 0.05) is 0 Å². The van der Waals surface area contributed by atoms with E-state index in [1.165, 1.54) is 0 Å². The fraction of sp³-hybridized carbons (Fsp3) is 0.700. The molecular weight excluding hydrogens is 295 g/mol. The number of hydrogen-bond acceptors (Lipinski definition) is 4. The van der Waals surface area contributed by atoms with E-state index in [-0.39, 0.29) is 0 Å². The van der Waals surface area contributed by atoms with Crippen LogP contribution in [-0.4, -0.2) is 34.8 Å². The monoisotopic (exact) mass is 311 g/mol. The topological polar surface area (TPSA) is 70.2 Å². The van der Waals surface area contributed by atoms with Gasteiger partial charge in [-0.25, -0.2) is 13.2 Å². The number of rotatable bonds is 6. The minimum Gasteiger partial charge on any atom is -0.403 e. The van der Waals surface area contributed by atoms with Crippen LogP contribution in [0.1, 0.15) is 13.2 Å². The summed E-state index contributed by atoms with van der Waals surface area (Å²) in [4.78, 5) is 13.0. The molecule has 0 aliphatic heterocycles. The Balaban J connectivity index is 3.10. The predicted molar refractivity (Wildman–Crippen MR) is 67.9 cm³/mol. The molecule has 0 bridgehead atoms. The summed E-state index contributed by atoms with van der Waals surface area (Å²) in [5.41, 5.74) is -2.39. The minimum absolute atomic E-state index is 0.614. The van der Waals surface area contributed by atoms with E-state index in [9.17, 15) is 23.3 Å². The molecule has 0 amide bonds. The summed E-state index contributed by atoms with van der Waals surface area (Å²) in [6.07, 6.45) is -3.81. The van der Waals surface area contributed by atoms with Gasteiger partial charge in [-0.3, -0.25) is 4.57 Å². The average Bonchev–Trinajstić information content (AvgIpc) is 2.74. The van der Waals surface area contributed by atoms with Crippen molar-refractivity contribution in [3.05, 3.63) is 22.6 Å². The Morgan fingerprint density at radius 1 is 1.45 bits per heavy atom. The predicted octanol–water partition coefficient (Wildman–Crippen LogP) is 3.13. The highest BCUT2D eigenvalue weighted by Gasteiger charge is 2.48. The number of nitrogens with zero attached hydrogens (tertiary/aromatic N) is 3. The van der Waals surface area contributed by atoms with Gasteiger partial charge in [-0.1, -0.05) is 0 Å². The van der Waals surface area contributed by atoms with E-state index in [2.05, 4.69) is 4.98 Å². The Kier molecular flexibility index (Phi) is 4.59. The van der Waals surface area contributed by atoms with Crippen molar-refractivity contribution in [2.75, 3.05) is 0 Å². The van der Waals surface area contributed by atoms with E-state index in [4.69, 9.17) is 4.43 Å². The van der Waals surface area contributed by atoms with Crippen LogP contribution >= 0.6 is 0 Å². The molecule has 2 unspecified atom stereocenters. The van der Waals surface area contributed by atoms with Crippen molar-refractivity contribution < 1.29 is 22.5 Å². The fourth-order valence-electron chi connectivity index (χ4n) is 1.70. The van der Waals surface area contributed by atoms with Crippen molar-refractivity contribution in [3.63, 3.8) is 0 Å². The van der Waals surface area contributed by atoms with Crippen LogP contribution < -0.4 is 0 Å². The molecule has 0 spiro atoms. The molecule has 6 nitrogen and oxygen atoms in total. The molecule has 114 valence electrons. The molecule has 0 radical (unpaired) electrons. The maximum atomic E-state index is 14.4. The second kappa shape index (κ2) is 5.52. The standard InChI is InChI=1S/C10H16F3N3O3Si/c1-10(8(11)12,19-20(2,3)4)9(13)15-5-7(14-6-15)16(17)18/h5-6,8-9H,1-4H3. The zero-order valence-electron chi connectivity index (χ0n) is 11.5. The van der Waals surface area contributed by atoms with Crippen molar-refractivity contribution in [3.8, 4) is 0 Å². The molecular formula is C10H16F3N3O3Si. The van der Waals surface area contributed by atoms with Gasteiger partial charge in [0.2, 0.25) is 12.6 Å². The number of alkyl halides is 3. The molecule has 0 aliphatic rings. The SMILES string of the molecule is CC(O[Si](C)(C)C)(C(F)F)C(F)n1cnc([N+](=O)[O-])c1. The van der Waals surface area contributed by atoms with Crippen molar-refractivity contribution in [1.82, 2.24) is 9.55 Å². The summed E-state index contributed by atoms with van der Waals surface area (Å²) >= 11 is 0. The lowest BCUT2D eigenvalue weighted by atomic mass is 10.1. The quantitative estimate of drug-likeness (QED) is 0.460. The Hall–Kier alpha value is -1.42. The molecule has 0 N–H and O–H groups in total. The third kappa shape index (κ3) is 3.57. The summed E-state index contributed by atoms with van der Waals surface area (Å²) in [7, 11) is -2.45. The van der Waals surface area contributed by atoms with Crippen LogP contribution in [0.5, 0.6) is 0 Å². The second-order valence-corrected chi connectivity index (χ2v) is 9.90. The van der Waals surface area contributed by atoms with E-state index >= 15 is 0 Å². The smallest absolute Gasteiger partial charge is 0.381 e. The van der Waals surface area contributed by atoms with Crippen LogP contribution in [0.3, 0.4) is 0 Å². The molecule has 1 heterocycles. The van der Waals surface area contributed by atoms with Crippen LogP contribution in [0.4, 0.5) is 19.0 Å². The molecule has 0 saturated heterocycles. The zero-order chi connectivity index (χ0) is 15.7. The molecule has 0 aliphatic carbocycles. The number of halogens is 3. The van der Waals surface area contributed by atoms with Crippen LogP contribution in [0, 0.1) is 10.1 Å². The zero-order valence-corrected chi connectivity index (χ0v) is 12.5. The largest absolute Gasteiger partial charge is 0.403 e.